The van der Waals surface area contributed by atoms with Gasteiger partial charge in [0, 0.05) is 44.8 Å². The number of carboxylic acid groups (broad SMARTS) is 1. The number of aliphatic carboxylic acids is 1. The molecule has 36 heavy (non-hydrogen) atoms. The van der Waals surface area contributed by atoms with Gasteiger partial charge in [-0.15, -0.1) is 5.92 Å². The molecule has 5 nitrogen and oxygen atoms in total. The van der Waals surface area contributed by atoms with Gasteiger partial charge in [-0.3, -0.25) is 9.69 Å². The first-order valence-corrected chi connectivity index (χ1v) is 13.1. The fourth-order valence-electron chi connectivity index (χ4n) is 5.04. The first-order valence-electron chi connectivity index (χ1n) is 13.1. The van der Waals surface area contributed by atoms with Crippen LogP contribution in [0.4, 0.5) is 0 Å². The van der Waals surface area contributed by atoms with E-state index in [-0.39, 0.29) is 12.3 Å². The highest BCUT2D eigenvalue weighted by Crippen LogP contribution is 2.27. The summed E-state index contributed by atoms with van der Waals surface area (Å²) in [4.78, 5) is 16.2. The lowest BCUT2D eigenvalue weighted by Gasteiger charge is -2.37. The van der Waals surface area contributed by atoms with Crippen molar-refractivity contribution in [3.63, 3.8) is 0 Å². The molecule has 1 heterocycles. The summed E-state index contributed by atoms with van der Waals surface area (Å²) in [6, 6.07) is 8.75. The molecule has 2 atom stereocenters. The van der Waals surface area contributed by atoms with E-state index in [1.165, 1.54) is 11.3 Å². The van der Waals surface area contributed by atoms with Crippen LogP contribution in [-0.2, 0) is 22.7 Å². The van der Waals surface area contributed by atoms with E-state index < -0.39 is 5.97 Å². The summed E-state index contributed by atoms with van der Waals surface area (Å²) in [5.74, 6) is 6.44. The van der Waals surface area contributed by atoms with Gasteiger partial charge in [-0.2, -0.15) is 0 Å². The van der Waals surface area contributed by atoms with Crippen LogP contribution >= 0.6 is 0 Å². The molecule has 1 aromatic carbocycles. The Morgan fingerprint density at radius 2 is 1.86 bits per heavy atom. The lowest BCUT2D eigenvalue weighted by molar-refractivity contribution is -0.137. The molecule has 0 radical (unpaired) electrons. The van der Waals surface area contributed by atoms with Crippen LogP contribution in [0.2, 0.25) is 0 Å². The van der Waals surface area contributed by atoms with Gasteiger partial charge in [0.2, 0.25) is 0 Å². The van der Waals surface area contributed by atoms with E-state index in [2.05, 4.69) is 71.1 Å². The molecule has 1 N–H and O–H groups in total. The summed E-state index contributed by atoms with van der Waals surface area (Å²) < 4.78 is 6.04. The predicted molar refractivity (Wildman–Crippen MR) is 144 cm³/mol. The number of carbonyl (C=O) groups is 1. The molecule has 1 aromatic rings. The van der Waals surface area contributed by atoms with Crippen molar-refractivity contribution in [2.24, 2.45) is 11.8 Å². The molecule has 0 bridgehead atoms. The van der Waals surface area contributed by atoms with Crippen LogP contribution in [0.15, 0.2) is 71.7 Å². The molecule has 1 aliphatic heterocycles. The average molecular weight is 487 g/mol. The molecule has 3 aliphatic rings. The molecule has 1 saturated heterocycles. The Labute approximate surface area is 215 Å². The smallest absolute Gasteiger partial charge is 0.304 e. The van der Waals surface area contributed by atoms with E-state index >= 15 is 0 Å². The Bertz CT molecular complexity index is 1090. The zero-order chi connectivity index (χ0) is 25.3. The first-order chi connectivity index (χ1) is 17.5. The highest BCUT2D eigenvalue weighted by atomic mass is 16.5. The Morgan fingerprint density at radius 3 is 2.50 bits per heavy atom. The molecule has 4 rings (SSSR count). The Hall–Kier alpha value is -3.23. The van der Waals surface area contributed by atoms with Crippen molar-refractivity contribution in [3.05, 3.63) is 82.8 Å². The number of carboxylic acids is 1. The number of allylic oxidation sites excluding steroid dienone is 7. The molecule has 0 aromatic heterocycles. The summed E-state index contributed by atoms with van der Waals surface area (Å²) >= 11 is 0. The SMILES string of the molecule is CC#CC(CC(=O)O)C1=CC=C(OCc2ccc(CN3CCN(C4=CC(C)CC=C4)CC3)cc2)CC1. The number of hydrogen-bond donors (Lipinski definition) is 1. The Balaban J connectivity index is 1.23. The maximum atomic E-state index is 11.1. The van der Waals surface area contributed by atoms with Gasteiger partial charge in [-0.25, -0.2) is 0 Å². The van der Waals surface area contributed by atoms with Gasteiger partial charge < -0.3 is 14.7 Å². The molecule has 0 saturated carbocycles. The fraction of sp³-hybridized carbons (Fsp3) is 0.452. The summed E-state index contributed by atoms with van der Waals surface area (Å²) in [5, 5.41) is 9.14. The molecule has 0 spiro atoms. The van der Waals surface area contributed by atoms with Gasteiger partial charge in [-0.1, -0.05) is 60.9 Å². The summed E-state index contributed by atoms with van der Waals surface area (Å²) in [6.07, 6.45) is 13.7. The van der Waals surface area contributed by atoms with Crippen molar-refractivity contribution >= 4 is 5.97 Å². The van der Waals surface area contributed by atoms with Crippen LogP contribution in [0, 0.1) is 23.7 Å². The lowest BCUT2D eigenvalue weighted by Crippen LogP contribution is -2.45. The monoisotopic (exact) mass is 486 g/mol. The number of piperazine rings is 1. The van der Waals surface area contributed by atoms with Crippen molar-refractivity contribution < 1.29 is 14.6 Å². The van der Waals surface area contributed by atoms with Gasteiger partial charge in [-0.05, 0) is 49.0 Å². The van der Waals surface area contributed by atoms with E-state index in [1.54, 1.807) is 6.92 Å². The lowest BCUT2D eigenvalue weighted by atomic mass is 9.89. The van der Waals surface area contributed by atoms with Gasteiger partial charge in [0.25, 0.3) is 0 Å². The third kappa shape index (κ3) is 7.38. The molecule has 2 aliphatic carbocycles. The number of ether oxygens (including phenoxy) is 1. The van der Waals surface area contributed by atoms with Crippen LogP contribution in [0.1, 0.15) is 50.7 Å². The van der Waals surface area contributed by atoms with E-state index in [4.69, 9.17) is 9.84 Å². The normalized spacial score (nSPS) is 21.0. The van der Waals surface area contributed by atoms with Crippen LogP contribution in [-0.4, -0.2) is 47.1 Å². The largest absolute Gasteiger partial charge is 0.493 e. The van der Waals surface area contributed by atoms with Crippen molar-refractivity contribution in [3.8, 4) is 11.8 Å². The highest BCUT2D eigenvalue weighted by molar-refractivity contribution is 5.68. The zero-order valence-corrected chi connectivity index (χ0v) is 21.6. The van der Waals surface area contributed by atoms with Crippen molar-refractivity contribution in [2.75, 3.05) is 26.2 Å². The standard InChI is InChI=1S/C31H38N2O3/c1-3-5-28(21-31(34)35)27-12-14-30(15-13-27)36-23-26-10-8-25(9-11-26)22-32-16-18-33(19-17-32)29-7-4-6-24(2)20-29/h4,7-12,14,20,24,28H,6,13,15-19,21-23H2,1-2H3,(H,34,35). The topological polar surface area (TPSA) is 53.0 Å². The minimum absolute atomic E-state index is 0.0491. The molecule has 1 fully saturated rings. The molecule has 5 heteroatoms. The second-order valence-electron chi connectivity index (χ2n) is 9.99. The Kier molecular flexibility index (Phi) is 9.08. The predicted octanol–water partition coefficient (Wildman–Crippen LogP) is 5.52. The van der Waals surface area contributed by atoms with Crippen molar-refractivity contribution in [1.29, 1.82) is 0 Å². The maximum absolute atomic E-state index is 11.1. The van der Waals surface area contributed by atoms with Gasteiger partial charge in [0.05, 0.1) is 18.1 Å². The Morgan fingerprint density at radius 1 is 1.11 bits per heavy atom. The van der Waals surface area contributed by atoms with Crippen LogP contribution in [0.3, 0.4) is 0 Å². The molecular formula is C31H38N2O3. The summed E-state index contributed by atoms with van der Waals surface area (Å²) in [5.41, 5.74) is 4.96. The number of hydrogen-bond acceptors (Lipinski definition) is 4. The number of nitrogens with zero attached hydrogens (tertiary/aromatic N) is 2. The third-order valence-corrected chi connectivity index (χ3v) is 7.13. The summed E-state index contributed by atoms with van der Waals surface area (Å²) in [7, 11) is 0. The quantitative estimate of drug-likeness (QED) is 0.466. The first kappa shape index (κ1) is 25.9. The van der Waals surface area contributed by atoms with E-state index in [1.807, 2.05) is 12.2 Å². The van der Waals surface area contributed by atoms with Crippen LogP contribution < -0.4 is 0 Å². The minimum atomic E-state index is -0.815. The zero-order valence-electron chi connectivity index (χ0n) is 21.6. The molecule has 0 amide bonds. The maximum Gasteiger partial charge on any atom is 0.304 e. The second kappa shape index (κ2) is 12.6. The molecule has 2 unspecified atom stereocenters. The second-order valence-corrected chi connectivity index (χ2v) is 9.99. The molecular weight excluding hydrogens is 448 g/mol. The van der Waals surface area contributed by atoms with E-state index in [9.17, 15) is 4.79 Å². The van der Waals surface area contributed by atoms with Crippen LogP contribution in [0.25, 0.3) is 0 Å². The van der Waals surface area contributed by atoms with Crippen molar-refractivity contribution in [2.45, 2.75) is 52.7 Å². The van der Waals surface area contributed by atoms with Crippen LogP contribution in [0.5, 0.6) is 0 Å². The fourth-order valence-corrected chi connectivity index (χ4v) is 5.04. The van der Waals surface area contributed by atoms with Gasteiger partial charge in [0.15, 0.2) is 0 Å². The van der Waals surface area contributed by atoms with E-state index in [0.29, 0.717) is 12.5 Å². The number of benzene rings is 1. The van der Waals surface area contributed by atoms with E-state index in [0.717, 1.165) is 68.9 Å². The average Bonchev–Trinajstić information content (AvgIpc) is 2.89. The highest BCUT2D eigenvalue weighted by Gasteiger charge is 2.20. The third-order valence-electron chi connectivity index (χ3n) is 7.13. The van der Waals surface area contributed by atoms with Crippen molar-refractivity contribution in [1.82, 2.24) is 9.80 Å². The van der Waals surface area contributed by atoms with Gasteiger partial charge >= 0.3 is 5.97 Å². The minimum Gasteiger partial charge on any atom is -0.493 e. The summed E-state index contributed by atoms with van der Waals surface area (Å²) in [6.45, 7) is 9.92. The number of rotatable bonds is 9. The van der Waals surface area contributed by atoms with Gasteiger partial charge in [0.1, 0.15) is 6.61 Å². The molecule has 190 valence electrons.